The Bertz CT molecular complexity index is 768. The largest absolute Gasteiger partial charge is 0.354 e. The molecule has 0 fully saturated rings. The van der Waals surface area contributed by atoms with Crippen molar-refractivity contribution in [2.45, 2.75) is 12.8 Å². The van der Waals surface area contributed by atoms with E-state index in [0.717, 1.165) is 18.2 Å². The quantitative estimate of drug-likeness (QED) is 0.740. The fraction of sp³-hybridized carbons (Fsp3) is 0.222. The summed E-state index contributed by atoms with van der Waals surface area (Å²) in [7, 11) is 0. The highest BCUT2D eigenvalue weighted by Gasteiger charge is 2.10. The Morgan fingerprint density at radius 2 is 1.72 bits per heavy atom. The fourth-order valence-electron chi connectivity index (χ4n) is 2.19. The number of benzene rings is 2. The minimum Gasteiger partial charge on any atom is -0.354 e. The molecule has 2 rings (SSSR count). The molecule has 0 unspecified atom stereocenters. The topological polar surface area (TPSA) is 58.2 Å². The maximum absolute atomic E-state index is 13.5. The van der Waals surface area contributed by atoms with Crippen molar-refractivity contribution in [2.24, 2.45) is 0 Å². The summed E-state index contributed by atoms with van der Waals surface area (Å²) in [5, 5.41) is 5.59. The number of halogens is 3. The molecule has 0 aliphatic heterocycles. The van der Waals surface area contributed by atoms with Gasteiger partial charge in [0, 0.05) is 19.5 Å². The van der Waals surface area contributed by atoms with E-state index in [1.54, 1.807) is 24.3 Å². The number of rotatable bonds is 7. The molecule has 0 spiro atoms. The second-order valence-electron chi connectivity index (χ2n) is 5.32. The van der Waals surface area contributed by atoms with Crippen molar-refractivity contribution in [1.29, 1.82) is 0 Å². The summed E-state index contributed by atoms with van der Waals surface area (Å²) in [6.45, 7) is 0.449. The lowest BCUT2D eigenvalue weighted by Crippen LogP contribution is -2.34. The summed E-state index contributed by atoms with van der Waals surface area (Å²) in [6, 6.07) is 9.78. The summed E-state index contributed by atoms with van der Waals surface area (Å²) >= 11 is 5.92. The lowest BCUT2D eigenvalue weighted by Gasteiger charge is -2.08. The van der Waals surface area contributed by atoms with Crippen molar-refractivity contribution < 1.29 is 18.4 Å². The number of hydrogen-bond donors (Lipinski definition) is 2. The molecule has 0 saturated heterocycles. The highest BCUT2D eigenvalue weighted by atomic mass is 35.5. The lowest BCUT2D eigenvalue weighted by molar-refractivity contribution is -0.121. The maximum atomic E-state index is 13.5. The van der Waals surface area contributed by atoms with Crippen LogP contribution in [0.1, 0.15) is 22.3 Å². The van der Waals surface area contributed by atoms with Gasteiger partial charge < -0.3 is 10.6 Å². The molecule has 0 aromatic heterocycles. The Morgan fingerprint density at radius 3 is 2.48 bits per heavy atom. The van der Waals surface area contributed by atoms with Gasteiger partial charge in [0.2, 0.25) is 5.91 Å². The Balaban J connectivity index is 1.69. The minimum atomic E-state index is -0.543. The third-order valence-electron chi connectivity index (χ3n) is 3.48. The van der Waals surface area contributed by atoms with Gasteiger partial charge in [0.1, 0.15) is 11.6 Å². The van der Waals surface area contributed by atoms with Gasteiger partial charge in [0.15, 0.2) is 0 Å². The highest BCUT2D eigenvalue weighted by molar-refractivity contribution is 6.33. The van der Waals surface area contributed by atoms with Gasteiger partial charge in [-0.05, 0) is 42.3 Å². The zero-order chi connectivity index (χ0) is 18.2. The molecule has 0 radical (unpaired) electrons. The van der Waals surface area contributed by atoms with Crippen molar-refractivity contribution in [3.05, 3.63) is 70.2 Å². The summed E-state index contributed by atoms with van der Waals surface area (Å²) in [6.07, 6.45) is 0.125. The summed E-state index contributed by atoms with van der Waals surface area (Å²) in [5.74, 6) is -1.72. The number of nitrogens with one attached hydrogen (secondary N) is 2. The number of amides is 2. The molecule has 0 bridgehead atoms. The van der Waals surface area contributed by atoms with Crippen LogP contribution < -0.4 is 10.6 Å². The molecule has 2 aromatic carbocycles. The summed E-state index contributed by atoms with van der Waals surface area (Å²) < 4.78 is 26.5. The Kier molecular flexibility index (Phi) is 6.89. The molecular weight excluding hydrogens is 350 g/mol. The predicted molar refractivity (Wildman–Crippen MR) is 91.5 cm³/mol. The van der Waals surface area contributed by atoms with Gasteiger partial charge >= 0.3 is 0 Å². The maximum Gasteiger partial charge on any atom is 0.252 e. The number of carbonyl (C=O) groups is 2. The van der Waals surface area contributed by atoms with Crippen LogP contribution in [-0.4, -0.2) is 24.9 Å². The standard InChI is InChI=1S/C18H17ClF2N2O2/c19-15-4-2-1-3-14(15)18(25)23-10-9-22-17(24)8-5-12-11-13(20)6-7-16(12)21/h1-4,6-7,11H,5,8-10H2,(H,22,24)(H,23,25). The van der Waals surface area contributed by atoms with E-state index in [-0.39, 0.29) is 43.3 Å². The van der Waals surface area contributed by atoms with E-state index < -0.39 is 11.6 Å². The van der Waals surface area contributed by atoms with E-state index in [9.17, 15) is 18.4 Å². The molecule has 2 amide bonds. The number of aryl methyl sites for hydroxylation is 1. The van der Waals surface area contributed by atoms with Gasteiger partial charge in [-0.2, -0.15) is 0 Å². The van der Waals surface area contributed by atoms with Crippen LogP contribution in [0.15, 0.2) is 42.5 Å². The fourth-order valence-corrected chi connectivity index (χ4v) is 2.41. The monoisotopic (exact) mass is 366 g/mol. The van der Waals surface area contributed by atoms with Crippen molar-refractivity contribution in [1.82, 2.24) is 10.6 Å². The van der Waals surface area contributed by atoms with Gasteiger partial charge in [0.25, 0.3) is 5.91 Å². The van der Waals surface area contributed by atoms with Crippen LogP contribution in [-0.2, 0) is 11.2 Å². The zero-order valence-electron chi connectivity index (χ0n) is 13.3. The SMILES string of the molecule is O=C(CCc1cc(F)ccc1F)NCCNC(=O)c1ccccc1Cl. The molecule has 0 aliphatic carbocycles. The second kappa shape index (κ2) is 9.13. The molecule has 0 heterocycles. The summed E-state index contributed by atoms with van der Waals surface area (Å²) in [5.41, 5.74) is 0.513. The van der Waals surface area contributed by atoms with Crippen LogP contribution in [0, 0.1) is 11.6 Å². The van der Waals surface area contributed by atoms with Crippen LogP contribution >= 0.6 is 11.6 Å². The molecule has 4 nitrogen and oxygen atoms in total. The molecule has 2 aromatic rings. The molecule has 7 heteroatoms. The first-order chi connectivity index (χ1) is 12.0. The molecule has 0 atom stereocenters. The lowest BCUT2D eigenvalue weighted by atomic mass is 10.1. The molecule has 2 N–H and O–H groups in total. The number of hydrogen-bond acceptors (Lipinski definition) is 2. The van der Waals surface area contributed by atoms with Gasteiger partial charge in [-0.15, -0.1) is 0 Å². The molecule has 25 heavy (non-hydrogen) atoms. The zero-order valence-corrected chi connectivity index (χ0v) is 14.1. The van der Waals surface area contributed by atoms with Gasteiger partial charge in [0.05, 0.1) is 10.6 Å². The third kappa shape index (κ3) is 5.83. The molecule has 132 valence electrons. The first kappa shape index (κ1) is 18.9. The van der Waals surface area contributed by atoms with Crippen LogP contribution in [0.25, 0.3) is 0 Å². The van der Waals surface area contributed by atoms with Gasteiger partial charge in [-0.25, -0.2) is 8.78 Å². The van der Waals surface area contributed by atoms with Crippen LogP contribution in [0.2, 0.25) is 5.02 Å². The molecule has 0 saturated carbocycles. The Labute approximate surface area is 149 Å². The average Bonchev–Trinajstić information content (AvgIpc) is 2.59. The van der Waals surface area contributed by atoms with Crippen molar-refractivity contribution >= 4 is 23.4 Å². The van der Waals surface area contributed by atoms with E-state index in [2.05, 4.69) is 10.6 Å². The van der Waals surface area contributed by atoms with Gasteiger partial charge in [-0.1, -0.05) is 23.7 Å². The van der Waals surface area contributed by atoms with Crippen molar-refractivity contribution in [3.63, 3.8) is 0 Å². The first-order valence-corrected chi connectivity index (χ1v) is 8.08. The van der Waals surface area contributed by atoms with Crippen molar-refractivity contribution in [3.8, 4) is 0 Å². The molecule has 0 aliphatic rings. The average molecular weight is 367 g/mol. The van der Waals surface area contributed by atoms with Crippen LogP contribution in [0.5, 0.6) is 0 Å². The van der Waals surface area contributed by atoms with Crippen molar-refractivity contribution in [2.75, 3.05) is 13.1 Å². The van der Waals surface area contributed by atoms with E-state index in [1.165, 1.54) is 0 Å². The molecular formula is C18H17ClF2N2O2. The smallest absolute Gasteiger partial charge is 0.252 e. The second-order valence-corrected chi connectivity index (χ2v) is 5.73. The first-order valence-electron chi connectivity index (χ1n) is 7.70. The normalized spacial score (nSPS) is 10.4. The predicted octanol–water partition coefficient (Wildman–Crippen LogP) is 3.10. The van der Waals surface area contributed by atoms with E-state index >= 15 is 0 Å². The van der Waals surface area contributed by atoms with E-state index in [0.29, 0.717) is 10.6 Å². The number of carbonyl (C=O) groups excluding carboxylic acids is 2. The summed E-state index contributed by atoms with van der Waals surface area (Å²) in [4.78, 5) is 23.6. The third-order valence-corrected chi connectivity index (χ3v) is 3.81. The van der Waals surface area contributed by atoms with Crippen LogP contribution in [0.3, 0.4) is 0 Å². The van der Waals surface area contributed by atoms with E-state index in [4.69, 9.17) is 11.6 Å². The minimum absolute atomic E-state index is 0.0266. The Morgan fingerprint density at radius 1 is 1.00 bits per heavy atom. The van der Waals surface area contributed by atoms with Crippen LogP contribution in [0.4, 0.5) is 8.78 Å². The highest BCUT2D eigenvalue weighted by Crippen LogP contribution is 2.14. The van der Waals surface area contributed by atoms with E-state index in [1.807, 2.05) is 0 Å². The Hall–Kier alpha value is -2.47. The van der Waals surface area contributed by atoms with Gasteiger partial charge in [-0.3, -0.25) is 9.59 Å².